The van der Waals surface area contributed by atoms with Gasteiger partial charge in [-0.25, -0.2) is 4.98 Å². The Hall–Kier alpha value is -0.840. The van der Waals surface area contributed by atoms with Crippen LogP contribution in [-0.2, 0) is 0 Å². The van der Waals surface area contributed by atoms with E-state index in [2.05, 4.69) is 64.7 Å². The third kappa shape index (κ3) is 8.36. The highest BCUT2D eigenvalue weighted by Crippen LogP contribution is 2.24. The van der Waals surface area contributed by atoms with Crippen molar-refractivity contribution in [1.82, 2.24) is 20.5 Å². The van der Waals surface area contributed by atoms with E-state index in [1.807, 2.05) is 23.3 Å². The molecule has 2 N–H and O–H groups in total. The number of halogens is 1. The van der Waals surface area contributed by atoms with Crippen LogP contribution in [0.3, 0.4) is 0 Å². The number of benzene rings is 1. The summed E-state index contributed by atoms with van der Waals surface area (Å²) in [7, 11) is 0. The second kappa shape index (κ2) is 14.3. The van der Waals surface area contributed by atoms with Gasteiger partial charge < -0.3 is 10.6 Å². The molecule has 3 rings (SSSR count). The molecular weight excluding hydrogens is 525 g/mol. The fourth-order valence-corrected chi connectivity index (χ4v) is 5.22. The molecule has 0 bridgehead atoms. The number of thioether (sulfide) groups is 1. The number of guanidine groups is 1. The Bertz CT molecular complexity index is 718. The highest BCUT2D eigenvalue weighted by molar-refractivity contribution is 14.0. The first-order chi connectivity index (χ1) is 14.3. The van der Waals surface area contributed by atoms with Crippen LogP contribution in [0, 0.1) is 0 Å². The number of hydrogen-bond donors (Lipinski definition) is 2. The first-order valence-corrected chi connectivity index (χ1v) is 12.5. The van der Waals surface area contributed by atoms with Crippen molar-refractivity contribution in [3.63, 3.8) is 0 Å². The summed E-state index contributed by atoms with van der Waals surface area (Å²) < 4.78 is 1.15. The molecule has 0 saturated carbocycles. The number of piperidine rings is 1. The lowest BCUT2D eigenvalue weighted by molar-refractivity contribution is 0.158. The molecule has 0 aliphatic carbocycles. The van der Waals surface area contributed by atoms with Gasteiger partial charge in [0.2, 0.25) is 0 Å². The Morgan fingerprint density at radius 2 is 2.07 bits per heavy atom. The molecule has 8 heteroatoms. The van der Waals surface area contributed by atoms with Crippen LogP contribution in [0.1, 0.15) is 44.7 Å². The number of aromatic nitrogens is 1. The number of thiazole rings is 1. The highest BCUT2D eigenvalue weighted by atomic mass is 127. The molecule has 1 aliphatic rings. The maximum absolute atomic E-state index is 4.78. The second-order valence-corrected chi connectivity index (χ2v) is 9.54. The van der Waals surface area contributed by atoms with Crippen molar-refractivity contribution in [1.29, 1.82) is 0 Å². The van der Waals surface area contributed by atoms with Crippen molar-refractivity contribution in [3.8, 4) is 0 Å². The topological polar surface area (TPSA) is 52.6 Å². The highest BCUT2D eigenvalue weighted by Gasteiger charge is 2.23. The molecule has 5 nitrogen and oxygen atoms in total. The largest absolute Gasteiger partial charge is 0.357 e. The second-order valence-electron chi connectivity index (χ2n) is 7.30. The summed E-state index contributed by atoms with van der Waals surface area (Å²) >= 11 is 3.53. The van der Waals surface area contributed by atoms with Gasteiger partial charge in [-0.15, -0.1) is 35.3 Å². The molecule has 1 unspecified atom stereocenters. The SMILES string of the molecule is CCNC(=NCCCSc1nccs1)NC1CCN(C(C)c2ccccc2)CC1.I. The van der Waals surface area contributed by atoms with Gasteiger partial charge >= 0.3 is 0 Å². The van der Waals surface area contributed by atoms with Crippen LogP contribution < -0.4 is 10.6 Å². The molecule has 1 aromatic carbocycles. The van der Waals surface area contributed by atoms with E-state index in [-0.39, 0.29) is 24.0 Å². The van der Waals surface area contributed by atoms with E-state index < -0.39 is 0 Å². The molecule has 1 aromatic heterocycles. The standard InChI is InChI=1S/C22H33N5S2.HI/c1-3-23-21(24-12-7-16-28-22-25-13-17-29-22)26-20-10-14-27(15-11-20)18(2)19-8-5-4-6-9-19;/h4-6,8-9,13,17-18,20H,3,7,10-12,14-16H2,1-2H3,(H2,23,24,26);1H. The Morgan fingerprint density at radius 3 is 2.73 bits per heavy atom. The van der Waals surface area contributed by atoms with Crippen molar-refractivity contribution in [2.75, 3.05) is 31.9 Å². The van der Waals surface area contributed by atoms with Crippen LogP contribution >= 0.6 is 47.1 Å². The Labute approximate surface area is 206 Å². The van der Waals surface area contributed by atoms with Crippen LogP contribution in [-0.4, -0.2) is 53.8 Å². The van der Waals surface area contributed by atoms with Crippen molar-refractivity contribution in [2.24, 2.45) is 4.99 Å². The summed E-state index contributed by atoms with van der Waals surface area (Å²) in [5.74, 6) is 2.02. The van der Waals surface area contributed by atoms with Crippen LogP contribution in [0.2, 0.25) is 0 Å². The Morgan fingerprint density at radius 1 is 1.30 bits per heavy atom. The molecule has 1 fully saturated rings. The molecule has 166 valence electrons. The van der Waals surface area contributed by atoms with Crippen molar-refractivity contribution < 1.29 is 0 Å². The molecule has 2 heterocycles. The zero-order chi connectivity index (χ0) is 20.3. The zero-order valence-corrected chi connectivity index (χ0v) is 21.9. The van der Waals surface area contributed by atoms with Gasteiger partial charge in [-0.05, 0) is 38.7 Å². The van der Waals surface area contributed by atoms with Gasteiger partial charge in [0.25, 0.3) is 0 Å². The summed E-state index contributed by atoms with van der Waals surface area (Å²) in [6.07, 6.45) is 5.24. The first-order valence-electron chi connectivity index (χ1n) is 10.6. The maximum Gasteiger partial charge on any atom is 0.191 e. The fraction of sp³-hybridized carbons (Fsp3) is 0.545. The third-order valence-corrected chi connectivity index (χ3v) is 7.30. The predicted molar refractivity (Wildman–Crippen MR) is 141 cm³/mol. The molecular formula is C22H34IN5S2. The number of nitrogens with zero attached hydrogens (tertiary/aromatic N) is 3. The van der Waals surface area contributed by atoms with E-state index in [1.165, 1.54) is 5.56 Å². The van der Waals surface area contributed by atoms with E-state index in [1.54, 1.807) is 11.3 Å². The van der Waals surface area contributed by atoms with Crippen molar-refractivity contribution >= 4 is 53.0 Å². The molecule has 30 heavy (non-hydrogen) atoms. The smallest absolute Gasteiger partial charge is 0.191 e. The predicted octanol–water partition coefficient (Wildman–Crippen LogP) is 5.02. The summed E-state index contributed by atoms with van der Waals surface area (Å²) in [5, 5.41) is 9.09. The average Bonchev–Trinajstić information content (AvgIpc) is 3.28. The minimum absolute atomic E-state index is 0. The van der Waals surface area contributed by atoms with E-state index in [4.69, 9.17) is 4.99 Å². The fourth-order valence-electron chi connectivity index (χ4n) is 3.58. The molecule has 2 aromatic rings. The van der Waals surface area contributed by atoms with Gasteiger partial charge in [-0.2, -0.15) is 0 Å². The monoisotopic (exact) mass is 559 g/mol. The van der Waals surface area contributed by atoms with Gasteiger partial charge in [0.1, 0.15) is 4.34 Å². The van der Waals surface area contributed by atoms with Gasteiger partial charge in [0.15, 0.2) is 5.96 Å². The minimum Gasteiger partial charge on any atom is -0.357 e. The third-order valence-electron chi connectivity index (χ3n) is 5.25. The maximum atomic E-state index is 4.78. The van der Waals surface area contributed by atoms with E-state index in [9.17, 15) is 0 Å². The lowest BCUT2D eigenvalue weighted by Crippen LogP contribution is -2.49. The summed E-state index contributed by atoms with van der Waals surface area (Å²) in [5.41, 5.74) is 1.41. The van der Waals surface area contributed by atoms with Crippen molar-refractivity contribution in [2.45, 2.75) is 49.5 Å². The number of rotatable bonds is 9. The molecule has 1 saturated heterocycles. The minimum atomic E-state index is 0. The van der Waals surface area contributed by atoms with Gasteiger partial charge in [-0.1, -0.05) is 42.1 Å². The molecule has 1 atom stereocenters. The van der Waals surface area contributed by atoms with E-state index in [0.29, 0.717) is 12.1 Å². The molecule has 0 radical (unpaired) electrons. The van der Waals surface area contributed by atoms with Crippen molar-refractivity contribution in [3.05, 3.63) is 47.5 Å². The Kier molecular flexibility index (Phi) is 12.1. The van der Waals surface area contributed by atoms with Crippen LogP contribution in [0.4, 0.5) is 0 Å². The number of aliphatic imine (C=N–C) groups is 1. The number of likely N-dealkylation sites (tertiary alicyclic amines) is 1. The number of nitrogens with one attached hydrogen (secondary N) is 2. The average molecular weight is 560 g/mol. The first kappa shape index (κ1) is 25.4. The normalized spacial score (nSPS) is 16.7. The summed E-state index contributed by atoms with van der Waals surface area (Å²) in [4.78, 5) is 11.7. The molecule has 0 spiro atoms. The van der Waals surface area contributed by atoms with Gasteiger partial charge in [-0.3, -0.25) is 9.89 Å². The Balaban J connectivity index is 0.00000320. The van der Waals surface area contributed by atoms with Gasteiger partial charge in [0.05, 0.1) is 0 Å². The quantitative estimate of drug-likeness (QED) is 0.149. The number of hydrogen-bond acceptors (Lipinski definition) is 5. The van der Waals surface area contributed by atoms with E-state index >= 15 is 0 Å². The van der Waals surface area contributed by atoms with Crippen LogP contribution in [0.25, 0.3) is 0 Å². The zero-order valence-electron chi connectivity index (χ0n) is 17.9. The van der Waals surface area contributed by atoms with Crippen LogP contribution in [0.15, 0.2) is 51.2 Å². The van der Waals surface area contributed by atoms with Gasteiger partial charge in [0, 0.05) is 55.6 Å². The van der Waals surface area contributed by atoms with Crippen LogP contribution in [0.5, 0.6) is 0 Å². The lowest BCUT2D eigenvalue weighted by Gasteiger charge is -2.37. The van der Waals surface area contributed by atoms with E-state index in [0.717, 1.165) is 61.5 Å². The summed E-state index contributed by atoms with van der Waals surface area (Å²) in [6, 6.07) is 11.8. The molecule has 0 amide bonds. The lowest BCUT2D eigenvalue weighted by atomic mass is 10.0. The molecule has 1 aliphatic heterocycles. The summed E-state index contributed by atoms with van der Waals surface area (Å²) in [6.45, 7) is 8.42.